The van der Waals surface area contributed by atoms with Crippen molar-refractivity contribution in [1.29, 1.82) is 0 Å². The summed E-state index contributed by atoms with van der Waals surface area (Å²) in [6.45, 7) is 3.98. The van der Waals surface area contributed by atoms with Crippen LogP contribution in [0.1, 0.15) is 18.5 Å². The van der Waals surface area contributed by atoms with Crippen LogP contribution < -0.4 is 10.1 Å². The third kappa shape index (κ3) is 4.69. The van der Waals surface area contributed by atoms with Crippen LogP contribution in [0, 0.1) is 6.92 Å². The zero-order valence-electron chi connectivity index (χ0n) is 18.6. The number of amides is 4. The Hall–Kier alpha value is -3.99. The molecule has 0 saturated carbocycles. The molecular weight excluding hydrogens is 440 g/mol. The molecule has 0 spiro atoms. The topological polar surface area (TPSA) is 123 Å². The van der Waals surface area contributed by atoms with Crippen molar-refractivity contribution in [3.63, 3.8) is 0 Å². The summed E-state index contributed by atoms with van der Waals surface area (Å²) in [4.78, 5) is 36.9. The molecule has 4 amide bonds. The summed E-state index contributed by atoms with van der Waals surface area (Å²) in [6, 6.07) is 7.88. The predicted octanol–water partition coefficient (Wildman–Crippen LogP) is 3.68. The number of hydrogen-bond acceptors (Lipinski definition) is 8. The Bertz CT molecular complexity index is 1170. The maximum Gasteiger partial charge on any atom is 0.331 e. The Kier molecular flexibility index (Phi) is 6.09. The van der Waals surface area contributed by atoms with Gasteiger partial charge in [0.05, 0.1) is 11.9 Å². The molecule has 2 aliphatic heterocycles. The van der Waals surface area contributed by atoms with E-state index in [1.807, 2.05) is 6.92 Å². The summed E-state index contributed by atoms with van der Waals surface area (Å²) in [5, 5.41) is 6.55. The molecule has 0 bridgehead atoms. The number of nitrogens with zero attached hydrogens (tertiary/aromatic N) is 5. The lowest BCUT2D eigenvalue weighted by Gasteiger charge is -2.30. The number of carbonyl (C=O) groups is 2. The van der Waals surface area contributed by atoms with Gasteiger partial charge in [0, 0.05) is 50.7 Å². The predicted molar refractivity (Wildman–Crippen MR) is 120 cm³/mol. The lowest BCUT2D eigenvalue weighted by Crippen LogP contribution is -2.44. The highest BCUT2D eigenvalue weighted by Gasteiger charge is 2.37. The number of rotatable bonds is 5. The molecule has 0 aliphatic carbocycles. The van der Waals surface area contributed by atoms with Gasteiger partial charge in [0.1, 0.15) is 23.0 Å². The molecule has 0 atom stereocenters. The van der Waals surface area contributed by atoms with E-state index < -0.39 is 6.03 Å². The first-order valence-electron chi connectivity index (χ1n) is 11.1. The third-order valence-electron chi connectivity index (χ3n) is 5.74. The van der Waals surface area contributed by atoms with E-state index in [4.69, 9.17) is 14.0 Å². The molecule has 0 aromatic carbocycles. The van der Waals surface area contributed by atoms with Crippen LogP contribution in [0.3, 0.4) is 0 Å². The standard InChI is InChI=1S/C23H24N6O5/c1-15-12-20(34-27-15)19-13-17(4-7-24-19)33-18-2-3-21(25-14-18)26-22(30)29-9-8-28(23(29)31)16-5-10-32-11-6-16/h2-4,7,12-14,16H,5-6,8-11H2,1H3,(H,25,26,30). The van der Waals surface area contributed by atoms with Crippen molar-refractivity contribution in [2.75, 3.05) is 31.6 Å². The van der Waals surface area contributed by atoms with Crippen LogP contribution in [0.25, 0.3) is 11.5 Å². The molecule has 5 heterocycles. The lowest BCUT2D eigenvalue weighted by molar-refractivity contribution is 0.0510. The smallest absolute Gasteiger partial charge is 0.331 e. The van der Waals surface area contributed by atoms with Crippen LogP contribution in [0.4, 0.5) is 15.4 Å². The monoisotopic (exact) mass is 464 g/mol. The second-order valence-electron chi connectivity index (χ2n) is 8.09. The maximum atomic E-state index is 12.7. The van der Waals surface area contributed by atoms with E-state index in [0.29, 0.717) is 55.1 Å². The SMILES string of the molecule is Cc1cc(-c2cc(Oc3ccc(NC(=O)N4CCN(C5CCOCC5)C4=O)nc3)ccn2)on1. The molecule has 0 unspecified atom stereocenters. The Morgan fingerprint density at radius 1 is 1.12 bits per heavy atom. The first-order valence-corrected chi connectivity index (χ1v) is 11.1. The lowest BCUT2D eigenvalue weighted by atomic mass is 10.1. The van der Waals surface area contributed by atoms with Crippen molar-refractivity contribution < 1.29 is 23.6 Å². The molecule has 0 radical (unpaired) electrons. The Balaban J connectivity index is 1.19. The minimum Gasteiger partial charge on any atom is -0.456 e. The van der Waals surface area contributed by atoms with E-state index in [-0.39, 0.29) is 12.1 Å². The first-order chi connectivity index (χ1) is 16.6. The molecular formula is C23H24N6O5. The van der Waals surface area contributed by atoms with Crippen LogP contribution in [-0.2, 0) is 4.74 Å². The third-order valence-corrected chi connectivity index (χ3v) is 5.74. The summed E-state index contributed by atoms with van der Waals surface area (Å²) in [5.41, 5.74) is 1.36. The molecule has 3 aromatic rings. The molecule has 2 aliphatic rings. The number of anilines is 1. The fourth-order valence-corrected chi connectivity index (χ4v) is 4.00. The van der Waals surface area contributed by atoms with Crippen molar-refractivity contribution in [3.05, 3.63) is 48.4 Å². The highest BCUT2D eigenvalue weighted by Crippen LogP contribution is 2.26. The molecule has 5 rings (SSSR count). The van der Waals surface area contributed by atoms with E-state index in [1.54, 1.807) is 41.4 Å². The zero-order valence-corrected chi connectivity index (χ0v) is 18.6. The number of aryl methyl sites for hydroxylation is 1. The number of pyridine rings is 2. The fraction of sp³-hybridized carbons (Fsp3) is 0.348. The minimum atomic E-state index is -0.498. The quantitative estimate of drug-likeness (QED) is 0.607. The van der Waals surface area contributed by atoms with Gasteiger partial charge >= 0.3 is 12.1 Å². The average molecular weight is 464 g/mol. The van der Waals surface area contributed by atoms with Crippen LogP contribution in [0.15, 0.2) is 47.2 Å². The zero-order chi connectivity index (χ0) is 23.5. The van der Waals surface area contributed by atoms with E-state index in [0.717, 1.165) is 18.5 Å². The van der Waals surface area contributed by atoms with Gasteiger partial charge in [-0.05, 0) is 38.0 Å². The number of nitrogens with one attached hydrogen (secondary N) is 1. The van der Waals surface area contributed by atoms with E-state index in [2.05, 4.69) is 20.4 Å². The molecule has 1 N–H and O–H groups in total. The number of imide groups is 1. The van der Waals surface area contributed by atoms with Crippen molar-refractivity contribution in [3.8, 4) is 23.0 Å². The summed E-state index contributed by atoms with van der Waals surface area (Å²) >= 11 is 0. The van der Waals surface area contributed by atoms with Gasteiger partial charge in [-0.3, -0.25) is 10.3 Å². The van der Waals surface area contributed by atoms with Gasteiger partial charge in [0.25, 0.3) is 0 Å². The molecule has 2 saturated heterocycles. The van der Waals surface area contributed by atoms with Gasteiger partial charge in [-0.1, -0.05) is 5.16 Å². The Labute approximate surface area is 195 Å². The van der Waals surface area contributed by atoms with Gasteiger partial charge in [0.15, 0.2) is 5.76 Å². The number of hydrogen-bond donors (Lipinski definition) is 1. The van der Waals surface area contributed by atoms with Gasteiger partial charge in [0.2, 0.25) is 0 Å². The molecule has 176 valence electrons. The molecule has 11 nitrogen and oxygen atoms in total. The summed E-state index contributed by atoms with van der Waals surface area (Å²) < 4.78 is 16.5. The Morgan fingerprint density at radius 3 is 2.71 bits per heavy atom. The molecule has 3 aromatic heterocycles. The van der Waals surface area contributed by atoms with Gasteiger partial charge in [-0.25, -0.2) is 19.5 Å². The number of carbonyl (C=O) groups excluding carboxylic acids is 2. The molecule has 2 fully saturated rings. The maximum absolute atomic E-state index is 12.7. The average Bonchev–Trinajstić information content (AvgIpc) is 3.47. The van der Waals surface area contributed by atoms with E-state index in [1.165, 1.54) is 11.1 Å². The summed E-state index contributed by atoms with van der Waals surface area (Å²) in [7, 11) is 0. The van der Waals surface area contributed by atoms with Crippen molar-refractivity contribution in [2.45, 2.75) is 25.8 Å². The largest absolute Gasteiger partial charge is 0.456 e. The van der Waals surface area contributed by atoms with Crippen LogP contribution in [0.2, 0.25) is 0 Å². The molecule has 11 heteroatoms. The number of ether oxygens (including phenoxy) is 2. The molecule has 34 heavy (non-hydrogen) atoms. The highest BCUT2D eigenvalue weighted by atomic mass is 16.5. The minimum absolute atomic E-state index is 0.121. The first kappa shape index (κ1) is 21.8. The van der Waals surface area contributed by atoms with Gasteiger partial charge in [-0.15, -0.1) is 0 Å². The van der Waals surface area contributed by atoms with E-state index >= 15 is 0 Å². The van der Waals surface area contributed by atoms with Crippen LogP contribution in [0.5, 0.6) is 11.5 Å². The van der Waals surface area contributed by atoms with Crippen LogP contribution >= 0.6 is 0 Å². The Morgan fingerprint density at radius 2 is 1.97 bits per heavy atom. The van der Waals surface area contributed by atoms with E-state index in [9.17, 15) is 9.59 Å². The van der Waals surface area contributed by atoms with Crippen LogP contribution in [-0.4, -0.2) is 69.3 Å². The highest BCUT2D eigenvalue weighted by molar-refractivity contribution is 6.01. The van der Waals surface area contributed by atoms with Crippen molar-refractivity contribution >= 4 is 17.9 Å². The van der Waals surface area contributed by atoms with Gasteiger partial charge in [-0.2, -0.15) is 0 Å². The normalized spacial score (nSPS) is 16.7. The van der Waals surface area contributed by atoms with Crippen molar-refractivity contribution in [1.82, 2.24) is 24.9 Å². The van der Waals surface area contributed by atoms with Gasteiger partial charge < -0.3 is 18.9 Å². The fourth-order valence-electron chi connectivity index (χ4n) is 4.00. The number of urea groups is 2. The second kappa shape index (κ2) is 9.48. The number of aromatic nitrogens is 3. The summed E-state index contributed by atoms with van der Waals surface area (Å²) in [6.07, 6.45) is 4.69. The second-order valence-corrected chi connectivity index (χ2v) is 8.09. The van der Waals surface area contributed by atoms with Crippen molar-refractivity contribution in [2.24, 2.45) is 0 Å². The summed E-state index contributed by atoms with van der Waals surface area (Å²) in [5.74, 6) is 1.90.